The lowest BCUT2D eigenvalue weighted by Crippen LogP contribution is -2.10. The average molecular weight is 204 g/mol. The minimum atomic E-state index is 0.0198. The van der Waals surface area contributed by atoms with E-state index in [1.54, 1.807) is 23.9 Å². The molecule has 0 atom stereocenters. The molecule has 14 heavy (non-hydrogen) atoms. The largest absolute Gasteiger partial charge is 0.325 e. The highest BCUT2D eigenvalue weighted by atomic mass is 32.2. The summed E-state index contributed by atoms with van der Waals surface area (Å²) in [5.74, 6) is 0.816. The molecule has 70 valence electrons. The van der Waals surface area contributed by atoms with Crippen molar-refractivity contribution in [3.8, 4) is 6.07 Å². The van der Waals surface area contributed by atoms with E-state index < -0.39 is 0 Å². The molecule has 0 saturated carbocycles. The lowest BCUT2D eigenvalue weighted by molar-refractivity contribution is -0.115. The first-order chi connectivity index (χ1) is 6.79. The molecule has 3 nitrogen and oxygen atoms in total. The van der Waals surface area contributed by atoms with E-state index in [-0.39, 0.29) is 5.91 Å². The molecular formula is C10H8N2OS. The van der Waals surface area contributed by atoms with Gasteiger partial charge >= 0.3 is 0 Å². The molecule has 4 heteroatoms. The Morgan fingerprint density at radius 3 is 3.14 bits per heavy atom. The smallest absolute Gasteiger partial charge is 0.225 e. The topological polar surface area (TPSA) is 52.9 Å². The van der Waals surface area contributed by atoms with Gasteiger partial charge in [0.2, 0.25) is 5.91 Å². The van der Waals surface area contributed by atoms with Crippen molar-refractivity contribution in [1.82, 2.24) is 0 Å². The monoisotopic (exact) mass is 204 g/mol. The molecule has 1 aliphatic heterocycles. The zero-order valence-electron chi connectivity index (χ0n) is 7.41. The summed E-state index contributed by atoms with van der Waals surface area (Å²) in [7, 11) is 0. The molecule has 1 N–H and O–H groups in total. The van der Waals surface area contributed by atoms with Gasteiger partial charge in [0.25, 0.3) is 0 Å². The Balaban J connectivity index is 2.43. The van der Waals surface area contributed by atoms with Crippen LogP contribution >= 0.6 is 11.8 Å². The molecule has 1 aliphatic rings. The Morgan fingerprint density at radius 1 is 1.50 bits per heavy atom. The molecule has 0 radical (unpaired) electrons. The van der Waals surface area contributed by atoms with E-state index in [1.807, 2.05) is 6.07 Å². The van der Waals surface area contributed by atoms with Crippen molar-refractivity contribution in [2.45, 2.75) is 11.3 Å². The fraction of sp³-hybridized carbons (Fsp3) is 0.200. The maximum atomic E-state index is 11.2. The van der Waals surface area contributed by atoms with E-state index in [1.165, 1.54) is 0 Å². The molecular weight excluding hydrogens is 196 g/mol. The summed E-state index contributed by atoms with van der Waals surface area (Å²) < 4.78 is 0. The summed E-state index contributed by atoms with van der Waals surface area (Å²) >= 11 is 1.64. The molecule has 0 unspecified atom stereocenters. The van der Waals surface area contributed by atoms with Gasteiger partial charge in [-0.1, -0.05) is 0 Å². The maximum Gasteiger partial charge on any atom is 0.225 e. The molecule has 0 aliphatic carbocycles. The summed E-state index contributed by atoms with van der Waals surface area (Å²) in [5.41, 5.74) is 1.34. The predicted octanol–water partition coefficient (Wildman–Crippen LogP) is 1.99. The minimum Gasteiger partial charge on any atom is -0.325 e. The number of nitrogens with zero attached hydrogens (tertiary/aromatic N) is 1. The molecule has 0 saturated heterocycles. The lowest BCUT2D eigenvalue weighted by atomic mass is 10.2. The Bertz CT molecular complexity index is 423. The van der Waals surface area contributed by atoms with E-state index in [0.29, 0.717) is 12.0 Å². The number of fused-ring (bicyclic) bond motifs is 1. The highest BCUT2D eigenvalue weighted by molar-refractivity contribution is 7.99. The fourth-order valence-corrected chi connectivity index (χ4v) is 2.23. The van der Waals surface area contributed by atoms with Gasteiger partial charge in [0.1, 0.15) is 0 Å². The first kappa shape index (κ1) is 9.10. The van der Waals surface area contributed by atoms with Crippen LogP contribution in [0.5, 0.6) is 0 Å². The third-order valence-electron chi connectivity index (χ3n) is 1.97. The van der Waals surface area contributed by atoms with Crippen LogP contribution in [0.1, 0.15) is 12.0 Å². The van der Waals surface area contributed by atoms with Crippen molar-refractivity contribution in [1.29, 1.82) is 5.26 Å². The van der Waals surface area contributed by atoms with Crippen molar-refractivity contribution in [3.05, 3.63) is 23.8 Å². The molecule has 0 spiro atoms. The fourth-order valence-electron chi connectivity index (χ4n) is 1.29. The second kappa shape index (κ2) is 3.72. The van der Waals surface area contributed by atoms with Gasteiger partial charge in [-0.15, -0.1) is 11.8 Å². The molecule has 2 rings (SSSR count). The normalized spacial score (nSPS) is 14.9. The number of thioether (sulfide) groups is 1. The second-order valence-electron chi connectivity index (χ2n) is 2.97. The number of hydrogen-bond acceptors (Lipinski definition) is 3. The van der Waals surface area contributed by atoms with Crippen LogP contribution in [-0.2, 0) is 4.79 Å². The Kier molecular flexibility index (Phi) is 2.42. The standard InChI is InChI=1S/C10H8N2OS/c11-6-7-1-2-9-8(5-7)12-10(13)3-4-14-9/h1-2,5H,3-4H2,(H,12,13). The highest BCUT2D eigenvalue weighted by Crippen LogP contribution is 2.31. The van der Waals surface area contributed by atoms with Crippen molar-refractivity contribution >= 4 is 23.4 Å². The summed E-state index contributed by atoms with van der Waals surface area (Å²) in [5, 5.41) is 11.5. The zero-order valence-corrected chi connectivity index (χ0v) is 8.23. The van der Waals surface area contributed by atoms with Crippen LogP contribution in [0.2, 0.25) is 0 Å². The van der Waals surface area contributed by atoms with Crippen LogP contribution < -0.4 is 5.32 Å². The number of nitrogens with one attached hydrogen (secondary N) is 1. The summed E-state index contributed by atoms with van der Waals surface area (Å²) in [6, 6.07) is 7.41. The van der Waals surface area contributed by atoms with Crippen LogP contribution in [0.3, 0.4) is 0 Å². The SMILES string of the molecule is N#Cc1ccc2c(c1)NC(=O)CCS2. The van der Waals surface area contributed by atoms with Crippen LogP contribution in [0.15, 0.2) is 23.1 Å². The lowest BCUT2D eigenvalue weighted by Gasteiger charge is -2.05. The number of hydrogen-bond donors (Lipinski definition) is 1. The van der Waals surface area contributed by atoms with Crippen LogP contribution in [0.25, 0.3) is 0 Å². The first-order valence-corrected chi connectivity index (χ1v) is 5.25. The Hall–Kier alpha value is -1.47. The number of nitriles is 1. The summed E-state index contributed by atoms with van der Waals surface area (Å²) in [6.45, 7) is 0. The average Bonchev–Trinajstić information content (AvgIpc) is 2.37. The number of amides is 1. The van der Waals surface area contributed by atoms with Crippen molar-refractivity contribution < 1.29 is 4.79 Å². The van der Waals surface area contributed by atoms with Crippen molar-refractivity contribution in [2.24, 2.45) is 0 Å². The molecule has 0 bridgehead atoms. The van der Waals surface area contributed by atoms with Crippen LogP contribution in [-0.4, -0.2) is 11.7 Å². The van der Waals surface area contributed by atoms with E-state index >= 15 is 0 Å². The van der Waals surface area contributed by atoms with Gasteiger partial charge in [-0.05, 0) is 18.2 Å². The molecule has 1 amide bonds. The van der Waals surface area contributed by atoms with Gasteiger partial charge in [0.15, 0.2) is 0 Å². The van der Waals surface area contributed by atoms with Crippen molar-refractivity contribution in [3.63, 3.8) is 0 Å². The van der Waals surface area contributed by atoms with Gasteiger partial charge in [-0.2, -0.15) is 5.26 Å². The number of benzene rings is 1. The number of carbonyl (C=O) groups excluding carboxylic acids is 1. The minimum absolute atomic E-state index is 0.0198. The molecule has 0 aromatic heterocycles. The number of carbonyl (C=O) groups is 1. The predicted molar refractivity (Wildman–Crippen MR) is 55.1 cm³/mol. The van der Waals surface area contributed by atoms with Gasteiger partial charge in [0, 0.05) is 17.1 Å². The summed E-state index contributed by atoms with van der Waals surface area (Å²) in [4.78, 5) is 12.3. The first-order valence-electron chi connectivity index (χ1n) is 4.26. The van der Waals surface area contributed by atoms with Gasteiger partial charge in [0.05, 0.1) is 17.3 Å². The zero-order chi connectivity index (χ0) is 9.97. The van der Waals surface area contributed by atoms with Gasteiger partial charge < -0.3 is 5.32 Å². The number of rotatable bonds is 0. The van der Waals surface area contributed by atoms with Crippen LogP contribution in [0.4, 0.5) is 5.69 Å². The second-order valence-corrected chi connectivity index (χ2v) is 4.11. The van der Waals surface area contributed by atoms with Crippen molar-refractivity contribution in [2.75, 3.05) is 11.1 Å². The Labute approximate surface area is 86.1 Å². The van der Waals surface area contributed by atoms with Gasteiger partial charge in [-0.3, -0.25) is 4.79 Å². The Morgan fingerprint density at radius 2 is 2.36 bits per heavy atom. The molecule has 0 fully saturated rings. The van der Waals surface area contributed by atoms with E-state index in [0.717, 1.165) is 16.3 Å². The molecule has 1 aromatic carbocycles. The van der Waals surface area contributed by atoms with E-state index in [9.17, 15) is 4.79 Å². The quantitative estimate of drug-likeness (QED) is 0.703. The van der Waals surface area contributed by atoms with E-state index in [4.69, 9.17) is 5.26 Å². The van der Waals surface area contributed by atoms with Crippen LogP contribution in [0, 0.1) is 11.3 Å². The highest BCUT2D eigenvalue weighted by Gasteiger charge is 2.13. The van der Waals surface area contributed by atoms with E-state index in [2.05, 4.69) is 11.4 Å². The van der Waals surface area contributed by atoms with Gasteiger partial charge in [-0.25, -0.2) is 0 Å². The summed E-state index contributed by atoms with van der Waals surface area (Å²) in [6.07, 6.45) is 0.529. The third-order valence-corrected chi connectivity index (χ3v) is 3.04. The molecule has 1 heterocycles. The maximum absolute atomic E-state index is 11.2. The number of anilines is 1. The third kappa shape index (κ3) is 1.73. The molecule has 1 aromatic rings.